The van der Waals surface area contributed by atoms with E-state index in [1.807, 2.05) is 111 Å². The normalized spacial score (nSPS) is 11.7. The smallest absolute Gasteiger partial charge is 3.00 e. The minimum absolute atomic E-state index is 0. The minimum Gasteiger partial charge on any atom is 3.00 e. The summed E-state index contributed by atoms with van der Waals surface area (Å²) < 4.78 is 59.2. The maximum atomic E-state index is 9.87. The standard InChI is InChI=1S/C12H12N2.2C12H10N.F6P.Rh/c1-9-3-5-11(13-7-9)12-6-4-10(2)8-14-12;2*1-10-5-7-11(8-6-10)12-4-2-3-9-13-12;1-7(2,3,4,5)6;/h3-8H,1-2H3;2*2-7,9H,1H3;;/q;3*-1;+3. The van der Waals surface area contributed by atoms with Gasteiger partial charge in [-0.1, -0.05) is 50.2 Å². The predicted molar refractivity (Wildman–Crippen MR) is 177 cm³/mol. The molecule has 0 spiro atoms. The van der Waals surface area contributed by atoms with E-state index in [4.69, 9.17) is 0 Å². The molecule has 0 atom stereocenters. The van der Waals surface area contributed by atoms with Gasteiger partial charge in [0.1, 0.15) is 0 Å². The second kappa shape index (κ2) is 16.7. The van der Waals surface area contributed by atoms with E-state index in [1.165, 1.54) is 22.3 Å². The molecule has 6 rings (SSSR count). The Kier molecular flexibility index (Phi) is 13.8. The maximum absolute atomic E-state index is 10.7. The van der Waals surface area contributed by atoms with Gasteiger partial charge in [-0.3, -0.25) is 9.97 Å². The molecule has 0 bridgehead atoms. The van der Waals surface area contributed by atoms with Crippen molar-refractivity contribution in [2.24, 2.45) is 0 Å². The van der Waals surface area contributed by atoms with E-state index in [-0.39, 0.29) is 19.5 Å². The first-order chi connectivity index (χ1) is 21.9. The molecule has 48 heavy (non-hydrogen) atoms. The van der Waals surface area contributed by atoms with Gasteiger partial charge in [0.05, 0.1) is 11.4 Å². The third kappa shape index (κ3) is 17.0. The van der Waals surface area contributed by atoms with Gasteiger partial charge in [-0.05, 0) is 60.6 Å². The molecule has 12 heteroatoms. The van der Waals surface area contributed by atoms with Crippen LogP contribution in [-0.4, -0.2) is 19.9 Å². The van der Waals surface area contributed by atoms with Gasteiger partial charge >= 0.3 is 52.5 Å². The predicted octanol–water partition coefficient (Wildman–Crippen LogP) is 11.9. The van der Waals surface area contributed by atoms with E-state index in [9.17, 15) is 25.2 Å². The van der Waals surface area contributed by atoms with Crippen LogP contribution >= 0.6 is 7.81 Å². The van der Waals surface area contributed by atoms with Crippen molar-refractivity contribution in [3.63, 3.8) is 0 Å². The number of halogens is 6. The second-order valence-corrected chi connectivity index (χ2v) is 12.3. The number of pyridine rings is 4. The molecule has 252 valence electrons. The number of aryl methyl sites for hydroxylation is 4. The van der Waals surface area contributed by atoms with Gasteiger partial charge in [-0.25, -0.2) is 0 Å². The molecular formula is C36H32F6N4PRh. The van der Waals surface area contributed by atoms with E-state index < -0.39 is 7.81 Å². The van der Waals surface area contributed by atoms with Crippen molar-refractivity contribution in [1.82, 2.24) is 19.9 Å². The molecule has 2 aromatic carbocycles. The largest absolute Gasteiger partial charge is 3.00 e. The summed E-state index contributed by atoms with van der Waals surface area (Å²) in [4.78, 5) is 17.1. The maximum Gasteiger partial charge on any atom is 3.00 e. The molecule has 4 nitrogen and oxygen atoms in total. The summed E-state index contributed by atoms with van der Waals surface area (Å²) in [5, 5.41) is 0. The fourth-order valence-electron chi connectivity index (χ4n) is 3.61. The van der Waals surface area contributed by atoms with E-state index >= 15 is 0 Å². The summed E-state index contributed by atoms with van der Waals surface area (Å²) in [5.41, 5.74) is 10.7. The van der Waals surface area contributed by atoms with Crippen molar-refractivity contribution in [2.45, 2.75) is 27.7 Å². The Bertz CT molecular complexity index is 1670. The van der Waals surface area contributed by atoms with Gasteiger partial charge in [-0.15, -0.1) is 70.8 Å². The summed E-state index contributed by atoms with van der Waals surface area (Å²) in [5.74, 6) is 0. The zero-order valence-corrected chi connectivity index (χ0v) is 28.9. The van der Waals surface area contributed by atoms with Crippen molar-refractivity contribution in [3.05, 3.63) is 156 Å². The molecule has 6 aromatic rings. The zero-order valence-electron chi connectivity index (χ0n) is 26.4. The summed E-state index contributed by atoms with van der Waals surface area (Å²) in [6.45, 7) is 8.16. The molecule has 0 radical (unpaired) electrons. The summed E-state index contributed by atoms with van der Waals surface area (Å²) in [7, 11) is -10.7. The summed E-state index contributed by atoms with van der Waals surface area (Å²) >= 11 is 0. The number of aromatic nitrogens is 4. The fourth-order valence-corrected chi connectivity index (χ4v) is 3.61. The number of benzene rings is 2. The van der Waals surface area contributed by atoms with Crippen molar-refractivity contribution in [1.29, 1.82) is 0 Å². The van der Waals surface area contributed by atoms with Crippen LogP contribution in [0, 0.1) is 39.8 Å². The first-order valence-electron chi connectivity index (χ1n) is 14.1. The van der Waals surface area contributed by atoms with Crippen molar-refractivity contribution < 1.29 is 44.7 Å². The third-order valence-electron chi connectivity index (χ3n) is 5.90. The van der Waals surface area contributed by atoms with Gasteiger partial charge < -0.3 is 9.97 Å². The Hall–Kier alpha value is -4.33. The van der Waals surface area contributed by atoms with Crippen LogP contribution in [0.3, 0.4) is 0 Å². The molecule has 0 aliphatic heterocycles. The van der Waals surface area contributed by atoms with Crippen LogP contribution in [0.25, 0.3) is 33.9 Å². The fraction of sp³-hybridized carbons (Fsp3) is 0.111. The quantitative estimate of drug-likeness (QED) is 0.0779. The monoisotopic (exact) mass is 768 g/mol. The van der Waals surface area contributed by atoms with Gasteiger partial charge in [0.2, 0.25) is 0 Å². The third-order valence-corrected chi connectivity index (χ3v) is 5.90. The SMILES string of the molecule is Cc1c[c-]c(-c2ccccn2)cc1.Cc1c[c-]c(-c2ccccn2)cc1.Cc1ccc(-c2ccc(C)cn2)nc1.F[P-](F)(F)(F)(F)F.[Rh+3]. The molecule has 0 amide bonds. The van der Waals surface area contributed by atoms with Gasteiger partial charge in [0.25, 0.3) is 0 Å². The number of nitrogens with zero attached hydrogens (tertiary/aromatic N) is 4. The molecule has 0 saturated heterocycles. The summed E-state index contributed by atoms with van der Waals surface area (Å²) in [6, 6.07) is 38.4. The minimum atomic E-state index is -10.7. The van der Waals surface area contributed by atoms with Crippen LogP contribution in [-0.2, 0) is 19.5 Å². The molecule has 0 saturated carbocycles. The average Bonchev–Trinajstić information content (AvgIpc) is 3.03. The van der Waals surface area contributed by atoms with E-state index in [1.54, 1.807) is 12.4 Å². The number of hydrogen-bond acceptors (Lipinski definition) is 4. The van der Waals surface area contributed by atoms with Gasteiger partial charge in [0.15, 0.2) is 0 Å². The van der Waals surface area contributed by atoms with E-state index in [0.717, 1.165) is 33.9 Å². The molecule has 4 heterocycles. The van der Waals surface area contributed by atoms with Crippen LogP contribution in [0.4, 0.5) is 25.2 Å². The number of rotatable bonds is 3. The molecule has 0 N–H and O–H groups in total. The van der Waals surface area contributed by atoms with Crippen LogP contribution in [0.15, 0.2) is 122 Å². The molecule has 0 fully saturated rings. The van der Waals surface area contributed by atoms with Crippen LogP contribution in [0.2, 0.25) is 0 Å². The van der Waals surface area contributed by atoms with Crippen LogP contribution < -0.4 is 0 Å². The first-order valence-corrected chi connectivity index (χ1v) is 16.2. The van der Waals surface area contributed by atoms with E-state index in [0.29, 0.717) is 0 Å². The topological polar surface area (TPSA) is 51.6 Å². The van der Waals surface area contributed by atoms with Gasteiger partial charge in [-0.2, -0.15) is 0 Å². The Labute approximate surface area is 289 Å². The van der Waals surface area contributed by atoms with Crippen molar-refractivity contribution in [2.75, 3.05) is 0 Å². The van der Waals surface area contributed by atoms with Crippen LogP contribution in [0.5, 0.6) is 0 Å². The Balaban J connectivity index is 0.000000227. The Morgan fingerprint density at radius 1 is 0.438 bits per heavy atom. The van der Waals surface area contributed by atoms with Crippen LogP contribution in [0.1, 0.15) is 22.3 Å². The molecule has 0 aliphatic carbocycles. The molecule has 4 aromatic heterocycles. The summed E-state index contributed by atoms with van der Waals surface area (Å²) in [6.07, 6.45) is 7.31. The van der Waals surface area contributed by atoms with Gasteiger partial charge in [0, 0.05) is 24.8 Å². The Morgan fingerprint density at radius 2 is 0.792 bits per heavy atom. The second-order valence-electron chi connectivity index (χ2n) is 10.4. The molecular weight excluding hydrogens is 736 g/mol. The van der Waals surface area contributed by atoms with E-state index in [2.05, 4.69) is 58.0 Å². The zero-order chi connectivity index (χ0) is 34.6. The number of hydrogen-bond donors (Lipinski definition) is 0. The first kappa shape index (κ1) is 39.9. The van der Waals surface area contributed by atoms with Crippen molar-refractivity contribution in [3.8, 4) is 33.9 Å². The Morgan fingerprint density at radius 3 is 1.04 bits per heavy atom. The van der Waals surface area contributed by atoms with Crippen molar-refractivity contribution >= 4 is 7.81 Å². The molecule has 0 unspecified atom stereocenters. The molecule has 0 aliphatic rings. The average molecular weight is 769 g/mol.